The van der Waals surface area contributed by atoms with Crippen LogP contribution < -0.4 is 5.32 Å². The van der Waals surface area contributed by atoms with E-state index in [0.717, 1.165) is 11.1 Å². The predicted molar refractivity (Wildman–Crippen MR) is 120 cm³/mol. The molecule has 4 rings (SSSR count). The Morgan fingerprint density at radius 1 is 1.09 bits per heavy atom. The zero-order chi connectivity index (χ0) is 22.7. The number of rotatable bonds is 6. The molecule has 4 aromatic rings. The first kappa shape index (κ1) is 21.3. The molecule has 0 saturated heterocycles. The third-order valence-electron chi connectivity index (χ3n) is 4.58. The number of anilines is 1. The number of nitrogens with one attached hydrogen (secondary N) is 1. The van der Waals surface area contributed by atoms with E-state index in [2.05, 4.69) is 10.3 Å². The first-order valence-corrected chi connectivity index (χ1v) is 9.91. The van der Waals surface area contributed by atoms with E-state index in [0.29, 0.717) is 28.2 Å². The molecule has 0 aliphatic carbocycles. The van der Waals surface area contributed by atoms with Gasteiger partial charge in [0.2, 0.25) is 11.8 Å². The zero-order valence-corrected chi connectivity index (χ0v) is 17.3. The lowest BCUT2D eigenvalue weighted by Gasteiger charge is -2.03. The third-order valence-corrected chi connectivity index (χ3v) is 4.87. The fourth-order valence-electron chi connectivity index (χ4n) is 3.05. The van der Waals surface area contributed by atoms with Gasteiger partial charge in [0.25, 0.3) is 0 Å². The van der Waals surface area contributed by atoms with Crippen LogP contribution in [0.3, 0.4) is 0 Å². The molecule has 0 atom stereocenters. The summed E-state index contributed by atoms with van der Waals surface area (Å²) in [5.74, 6) is -1.44. The van der Waals surface area contributed by atoms with Crippen molar-refractivity contribution in [1.29, 1.82) is 0 Å². The predicted octanol–water partition coefficient (Wildman–Crippen LogP) is 5.57. The van der Waals surface area contributed by atoms with Gasteiger partial charge in [-0.15, -0.1) is 0 Å². The minimum Gasteiger partial charge on any atom is -0.481 e. The van der Waals surface area contributed by atoms with Crippen molar-refractivity contribution in [1.82, 2.24) is 4.98 Å². The topological polar surface area (TPSA) is 92.4 Å². The standard InChI is InChI=1S/C24H16ClFN2O4/c25-18-13-17(7-8-19(18)26)27-22(29)10-4-14-1-5-16(6-2-14)24-28-20-11-15(12-23(30)31)3-9-21(20)32-24/h1-11,13H,12H2,(H,27,29)(H,30,31)/b10-4+. The van der Waals surface area contributed by atoms with E-state index < -0.39 is 11.8 Å². The molecule has 2 N–H and O–H groups in total. The zero-order valence-electron chi connectivity index (χ0n) is 16.5. The quantitative estimate of drug-likeness (QED) is 0.375. The van der Waals surface area contributed by atoms with Crippen LogP contribution in [0.4, 0.5) is 10.1 Å². The van der Waals surface area contributed by atoms with Crippen LogP contribution in [-0.4, -0.2) is 22.0 Å². The average Bonchev–Trinajstić information content (AvgIpc) is 3.18. The van der Waals surface area contributed by atoms with Crippen molar-refractivity contribution in [3.8, 4) is 11.5 Å². The van der Waals surface area contributed by atoms with Crippen molar-refractivity contribution in [3.63, 3.8) is 0 Å². The molecule has 8 heteroatoms. The number of nitrogens with zero attached hydrogens (tertiary/aromatic N) is 1. The molecule has 0 unspecified atom stereocenters. The molecule has 0 fully saturated rings. The summed E-state index contributed by atoms with van der Waals surface area (Å²) >= 11 is 5.71. The minimum absolute atomic E-state index is 0.0697. The maximum absolute atomic E-state index is 13.2. The Labute approximate surface area is 187 Å². The Morgan fingerprint density at radius 2 is 1.88 bits per heavy atom. The molecular weight excluding hydrogens is 435 g/mol. The number of carbonyl (C=O) groups excluding carboxylic acids is 1. The second-order valence-electron chi connectivity index (χ2n) is 6.97. The van der Waals surface area contributed by atoms with Gasteiger partial charge in [-0.05, 0) is 59.7 Å². The van der Waals surface area contributed by atoms with Crippen molar-refractivity contribution in [3.05, 3.63) is 88.7 Å². The van der Waals surface area contributed by atoms with E-state index in [1.54, 1.807) is 48.5 Å². The van der Waals surface area contributed by atoms with Crippen molar-refractivity contribution in [2.75, 3.05) is 5.32 Å². The van der Waals surface area contributed by atoms with Gasteiger partial charge in [0.1, 0.15) is 11.3 Å². The van der Waals surface area contributed by atoms with Gasteiger partial charge < -0.3 is 14.8 Å². The number of carboxylic acid groups (broad SMARTS) is 1. The fraction of sp³-hybridized carbons (Fsp3) is 0.0417. The lowest BCUT2D eigenvalue weighted by Crippen LogP contribution is -2.07. The number of aromatic nitrogens is 1. The van der Waals surface area contributed by atoms with Gasteiger partial charge in [0, 0.05) is 17.3 Å². The van der Waals surface area contributed by atoms with Crippen molar-refractivity contribution in [2.45, 2.75) is 6.42 Å². The van der Waals surface area contributed by atoms with E-state index >= 15 is 0 Å². The molecule has 0 aliphatic rings. The number of oxazole rings is 1. The van der Waals surface area contributed by atoms with E-state index in [1.807, 2.05) is 0 Å². The van der Waals surface area contributed by atoms with Gasteiger partial charge in [-0.2, -0.15) is 0 Å². The van der Waals surface area contributed by atoms with Crippen LogP contribution in [0.15, 0.2) is 71.2 Å². The number of carbonyl (C=O) groups is 2. The normalized spacial score (nSPS) is 11.2. The molecule has 1 aromatic heterocycles. The number of hydrogen-bond donors (Lipinski definition) is 2. The number of fused-ring (bicyclic) bond motifs is 1. The summed E-state index contributed by atoms with van der Waals surface area (Å²) in [5.41, 5.74) is 3.70. The van der Waals surface area contributed by atoms with Crippen LogP contribution >= 0.6 is 11.6 Å². The summed E-state index contributed by atoms with van der Waals surface area (Å²) in [4.78, 5) is 27.4. The number of halogens is 2. The Bertz CT molecular complexity index is 1350. The van der Waals surface area contributed by atoms with Gasteiger partial charge in [0.05, 0.1) is 11.4 Å². The molecule has 0 aliphatic heterocycles. The summed E-state index contributed by atoms with van der Waals surface area (Å²) in [6.45, 7) is 0. The van der Waals surface area contributed by atoms with E-state index in [-0.39, 0.29) is 17.4 Å². The Hall–Kier alpha value is -3.97. The molecule has 0 saturated carbocycles. The number of aliphatic carboxylic acids is 1. The summed E-state index contributed by atoms with van der Waals surface area (Å²) < 4.78 is 19.0. The van der Waals surface area contributed by atoms with Crippen LogP contribution in [0.25, 0.3) is 28.6 Å². The molecule has 1 amide bonds. The van der Waals surface area contributed by atoms with Crippen LogP contribution in [0.1, 0.15) is 11.1 Å². The highest BCUT2D eigenvalue weighted by Gasteiger charge is 2.10. The summed E-state index contributed by atoms with van der Waals surface area (Å²) in [7, 11) is 0. The lowest BCUT2D eigenvalue weighted by molar-refractivity contribution is -0.136. The first-order valence-electron chi connectivity index (χ1n) is 9.53. The summed E-state index contributed by atoms with van der Waals surface area (Å²) in [5, 5.41) is 11.5. The largest absolute Gasteiger partial charge is 0.481 e. The Kier molecular flexibility index (Phi) is 6.00. The number of carboxylic acids is 1. The van der Waals surface area contributed by atoms with E-state index in [1.165, 1.54) is 24.3 Å². The highest BCUT2D eigenvalue weighted by atomic mass is 35.5. The molecule has 6 nitrogen and oxygen atoms in total. The molecule has 0 spiro atoms. The molecule has 0 radical (unpaired) electrons. The van der Waals surface area contributed by atoms with Crippen LogP contribution in [-0.2, 0) is 16.0 Å². The van der Waals surface area contributed by atoms with Gasteiger partial charge >= 0.3 is 5.97 Å². The lowest BCUT2D eigenvalue weighted by atomic mass is 10.1. The maximum Gasteiger partial charge on any atom is 0.307 e. The average molecular weight is 451 g/mol. The maximum atomic E-state index is 13.2. The van der Waals surface area contributed by atoms with Crippen molar-refractivity contribution in [2.24, 2.45) is 0 Å². The van der Waals surface area contributed by atoms with Crippen LogP contribution in [0.5, 0.6) is 0 Å². The van der Waals surface area contributed by atoms with Gasteiger partial charge in [-0.1, -0.05) is 29.8 Å². The monoisotopic (exact) mass is 450 g/mol. The molecule has 32 heavy (non-hydrogen) atoms. The second kappa shape index (κ2) is 9.03. The second-order valence-corrected chi connectivity index (χ2v) is 7.37. The molecular formula is C24H16ClFN2O4. The molecule has 3 aromatic carbocycles. The summed E-state index contributed by atoms with van der Waals surface area (Å²) in [6.07, 6.45) is 2.91. The van der Waals surface area contributed by atoms with E-state index in [9.17, 15) is 14.0 Å². The third kappa shape index (κ3) is 5.01. The summed E-state index contributed by atoms with van der Waals surface area (Å²) in [6, 6.07) is 16.3. The Morgan fingerprint density at radius 3 is 2.59 bits per heavy atom. The highest BCUT2D eigenvalue weighted by Crippen LogP contribution is 2.26. The van der Waals surface area contributed by atoms with Crippen LogP contribution in [0.2, 0.25) is 5.02 Å². The fourth-order valence-corrected chi connectivity index (χ4v) is 3.23. The van der Waals surface area contributed by atoms with Crippen molar-refractivity contribution < 1.29 is 23.5 Å². The van der Waals surface area contributed by atoms with Crippen molar-refractivity contribution >= 4 is 46.3 Å². The molecule has 160 valence electrons. The van der Waals surface area contributed by atoms with Gasteiger partial charge in [-0.3, -0.25) is 9.59 Å². The number of hydrogen-bond acceptors (Lipinski definition) is 4. The van der Waals surface area contributed by atoms with Crippen LogP contribution in [0, 0.1) is 5.82 Å². The molecule has 1 heterocycles. The first-order chi connectivity index (χ1) is 15.4. The van der Waals surface area contributed by atoms with Gasteiger partial charge in [-0.25, -0.2) is 9.37 Å². The smallest absolute Gasteiger partial charge is 0.307 e. The van der Waals surface area contributed by atoms with E-state index in [4.69, 9.17) is 21.1 Å². The number of benzene rings is 3. The van der Waals surface area contributed by atoms with Gasteiger partial charge in [0.15, 0.2) is 5.58 Å². The number of amides is 1. The molecule has 0 bridgehead atoms. The minimum atomic E-state index is -0.910. The Balaban J connectivity index is 1.44. The SMILES string of the molecule is O=C(O)Cc1ccc2oc(-c3ccc(/C=C/C(=O)Nc4ccc(F)c(Cl)c4)cc3)nc2c1. The highest BCUT2D eigenvalue weighted by molar-refractivity contribution is 6.31.